The summed E-state index contributed by atoms with van der Waals surface area (Å²) < 4.78 is 26.4. The zero-order valence-electron chi connectivity index (χ0n) is 21.0. The quantitative estimate of drug-likeness (QED) is 0.522. The van der Waals surface area contributed by atoms with Gasteiger partial charge >= 0.3 is 0 Å². The molecular formula is C26H37N3O4S. The Balaban J connectivity index is 2.38. The molecule has 0 saturated carbocycles. The Kier molecular flexibility index (Phi) is 9.67. The van der Waals surface area contributed by atoms with E-state index in [4.69, 9.17) is 0 Å². The predicted octanol–water partition coefficient (Wildman–Crippen LogP) is 3.83. The largest absolute Gasteiger partial charge is 0.354 e. The maximum Gasteiger partial charge on any atom is 0.244 e. The van der Waals surface area contributed by atoms with Gasteiger partial charge in [0.2, 0.25) is 21.8 Å². The summed E-state index contributed by atoms with van der Waals surface area (Å²) in [5.74, 6) is -0.411. The first-order chi connectivity index (χ1) is 16.0. The summed E-state index contributed by atoms with van der Waals surface area (Å²) in [6.07, 6.45) is 1.86. The maximum absolute atomic E-state index is 13.5. The average molecular weight is 488 g/mol. The number of anilines is 1. The van der Waals surface area contributed by atoms with E-state index < -0.39 is 28.5 Å². The Morgan fingerprint density at radius 1 is 1.00 bits per heavy atom. The zero-order chi connectivity index (χ0) is 25.5. The smallest absolute Gasteiger partial charge is 0.244 e. The first-order valence-corrected chi connectivity index (χ1v) is 13.5. The number of hydrogen-bond donors (Lipinski definition) is 1. The van der Waals surface area contributed by atoms with Gasteiger partial charge in [-0.3, -0.25) is 13.9 Å². The van der Waals surface area contributed by atoms with Crippen LogP contribution in [0.15, 0.2) is 48.5 Å². The van der Waals surface area contributed by atoms with Crippen LogP contribution >= 0.6 is 0 Å². The van der Waals surface area contributed by atoms with Gasteiger partial charge in [-0.15, -0.1) is 0 Å². The molecule has 0 aliphatic carbocycles. The normalized spacial score (nSPS) is 12.3. The monoisotopic (exact) mass is 487 g/mol. The number of sulfonamides is 1. The molecule has 8 heteroatoms. The van der Waals surface area contributed by atoms with Crippen LogP contribution in [0.3, 0.4) is 0 Å². The first kappa shape index (κ1) is 27.4. The van der Waals surface area contributed by atoms with E-state index in [2.05, 4.69) is 19.2 Å². The standard InChI is InChI=1S/C26H37N3O4S/c1-7-16-27-26(31)21(5)28(17-23-11-9-8-10-20(23)4)25(30)18-29(34(6,32)33)24-14-12-22(13-15-24)19(2)3/h8-15,19,21H,7,16-18H2,1-6H3,(H,27,31)/t21-/m1/s1. The molecule has 2 amide bonds. The Labute approximate surface area is 204 Å². The van der Waals surface area contributed by atoms with E-state index in [9.17, 15) is 18.0 Å². The van der Waals surface area contributed by atoms with Crippen LogP contribution in [-0.4, -0.2) is 50.5 Å². The molecule has 1 atom stereocenters. The number of benzene rings is 2. The molecule has 0 spiro atoms. The van der Waals surface area contributed by atoms with Gasteiger partial charge in [-0.25, -0.2) is 8.42 Å². The second-order valence-corrected chi connectivity index (χ2v) is 10.8. The van der Waals surface area contributed by atoms with E-state index in [1.165, 1.54) is 4.90 Å². The molecule has 0 saturated heterocycles. The Bertz CT molecular complexity index is 1080. The van der Waals surface area contributed by atoms with E-state index in [1.54, 1.807) is 19.1 Å². The molecule has 0 aliphatic heterocycles. The summed E-state index contributed by atoms with van der Waals surface area (Å²) in [5.41, 5.74) is 3.38. The minimum Gasteiger partial charge on any atom is -0.354 e. The second kappa shape index (κ2) is 12.0. The minimum absolute atomic E-state index is 0.204. The lowest BCUT2D eigenvalue weighted by molar-refractivity contribution is -0.139. The van der Waals surface area contributed by atoms with Crippen LogP contribution in [0.25, 0.3) is 0 Å². The lowest BCUT2D eigenvalue weighted by Crippen LogP contribution is -2.51. The number of nitrogens with zero attached hydrogens (tertiary/aromatic N) is 2. The first-order valence-electron chi connectivity index (χ1n) is 11.6. The fraction of sp³-hybridized carbons (Fsp3) is 0.462. The van der Waals surface area contributed by atoms with Crippen LogP contribution in [0.5, 0.6) is 0 Å². The van der Waals surface area contributed by atoms with Crippen molar-refractivity contribution in [3.05, 3.63) is 65.2 Å². The second-order valence-electron chi connectivity index (χ2n) is 8.93. The van der Waals surface area contributed by atoms with Crippen molar-refractivity contribution in [2.45, 2.75) is 59.5 Å². The third-order valence-electron chi connectivity index (χ3n) is 5.85. The van der Waals surface area contributed by atoms with Gasteiger partial charge in [-0.05, 0) is 55.0 Å². The van der Waals surface area contributed by atoms with Gasteiger partial charge in [-0.2, -0.15) is 0 Å². The topological polar surface area (TPSA) is 86.8 Å². The number of nitrogens with one attached hydrogen (secondary N) is 1. The molecule has 0 aliphatic rings. The Morgan fingerprint density at radius 3 is 2.15 bits per heavy atom. The molecule has 0 radical (unpaired) electrons. The van der Waals surface area contributed by atoms with Crippen LogP contribution in [0.2, 0.25) is 0 Å². The van der Waals surface area contributed by atoms with Gasteiger partial charge < -0.3 is 10.2 Å². The average Bonchev–Trinajstić information content (AvgIpc) is 2.79. The molecular weight excluding hydrogens is 450 g/mol. The fourth-order valence-electron chi connectivity index (χ4n) is 3.59. The van der Waals surface area contributed by atoms with Crippen molar-refractivity contribution < 1.29 is 18.0 Å². The van der Waals surface area contributed by atoms with E-state index in [1.807, 2.05) is 50.2 Å². The lowest BCUT2D eigenvalue weighted by Gasteiger charge is -2.32. The van der Waals surface area contributed by atoms with Gasteiger partial charge in [0.15, 0.2) is 0 Å². The summed E-state index contributed by atoms with van der Waals surface area (Å²) in [6, 6.07) is 14.1. The van der Waals surface area contributed by atoms with Crippen LogP contribution in [-0.2, 0) is 26.2 Å². The molecule has 2 rings (SSSR count). The summed E-state index contributed by atoms with van der Waals surface area (Å²) in [4.78, 5) is 27.7. The fourth-order valence-corrected chi connectivity index (χ4v) is 4.44. The van der Waals surface area contributed by atoms with Crippen molar-refractivity contribution in [3.63, 3.8) is 0 Å². The molecule has 0 unspecified atom stereocenters. The van der Waals surface area contributed by atoms with Crippen LogP contribution in [0, 0.1) is 6.92 Å². The van der Waals surface area contributed by atoms with E-state index in [0.717, 1.165) is 33.7 Å². The highest BCUT2D eigenvalue weighted by Gasteiger charge is 2.30. The number of aryl methyl sites for hydroxylation is 1. The molecule has 0 bridgehead atoms. The maximum atomic E-state index is 13.5. The van der Waals surface area contributed by atoms with Gasteiger partial charge in [0.1, 0.15) is 12.6 Å². The molecule has 2 aromatic carbocycles. The van der Waals surface area contributed by atoms with Gasteiger partial charge in [0.25, 0.3) is 0 Å². The number of hydrogen-bond acceptors (Lipinski definition) is 4. The van der Waals surface area contributed by atoms with Gasteiger partial charge in [-0.1, -0.05) is 57.2 Å². The molecule has 7 nitrogen and oxygen atoms in total. The molecule has 2 aromatic rings. The van der Waals surface area contributed by atoms with Crippen molar-refractivity contribution in [2.75, 3.05) is 23.7 Å². The van der Waals surface area contributed by atoms with E-state index >= 15 is 0 Å². The molecule has 1 N–H and O–H groups in total. The summed E-state index contributed by atoms with van der Waals surface area (Å²) in [7, 11) is -3.74. The van der Waals surface area contributed by atoms with Crippen molar-refractivity contribution in [1.29, 1.82) is 0 Å². The van der Waals surface area contributed by atoms with Crippen molar-refractivity contribution >= 4 is 27.5 Å². The third-order valence-corrected chi connectivity index (χ3v) is 6.99. The minimum atomic E-state index is -3.74. The summed E-state index contributed by atoms with van der Waals surface area (Å²) in [6.45, 7) is 10.0. The predicted molar refractivity (Wildman–Crippen MR) is 137 cm³/mol. The highest BCUT2D eigenvalue weighted by atomic mass is 32.2. The summed E-state index contributed by atoms with van der Waals surface area (Å²) >= 11 is 0. The van der Waals surface area contributed by atoms with Crippen molar-refractivity contribution in [2.24, 2.45) is 0 Å². The number of carbonyl (C=O) groups is 2. The number of carbonyl (C=O) groups excluding carboxylic acids is 2. The van der Waals surface area contributed by atoms with E-state index in [0.29, 0.717) is 18.2 Å². The van der Waals surface area contributed by atoms with E-state index in [-0.39, 0.29) is 12.5 Å². The van der Waals surface area contributed by atoms with Gasteiger partial charge in [0.05, 0.1) is 11.9 Å². The molecule has 0 aromatic heterocycles. The summed E-state index contributed by atoms with van der Waals surface area (Å²) in [5, 5.41) is 2.84. The van der Waals surface area contributed by atoms with Crippen molar-refractivity contribution in [3.8, 4) is 0 Å². The number of rotatable bonds is 11. The highest BCUT2D eigenvalue weighted by molar-refractivity contribution is 7.92. The highest BCUT2D eigenvalue weighted by Crippen LogP contribution is 2.23. The Morgan fingerprint density at radius 2 is 1.62 bits per heavy atom. The van der Waals surface area contributed by atoms with Gasteiger partial charge in [0, 0.05) is 13.1 Å². The molecule has 0 heterocycles. The number of amides is 2. The zero-order valence-corrected chi connectivity index (χ0v) is 21.9. The van der Waals surface area contributed by atoms with Crippen LogP contribution in [0.4, 0.5) is 5.69 Å². The Hall–Kier alpha value is -2.87. The van der Waals surface area contributed by atoms with Crippen LogP contribution in [0.1, 0.15) is 56.7 Å². The molecule has 0 fully saturated rings. The molecule has 186 valence electrons. The SMILES string of the molecule is CCCNC(=O)[C@@H](C)N(Cc1ccccc1C)C(=O)CN(c1ccc(C(C)C)cc1)S(C)(=O)=O. The third kappa shape index (κ3) is 7.32. The lowest BCUT2D eigenvalue weighted by atomic mass is 10.0. The van der Waals surface area contributed by atoms with Crippen LogP contribution < -0.4 is 9.62 Å². The molecule has 34 heavy (non-hydrogen) atoms. The van der Waals surface area contributed by atoms with Crippen molar-refractivity contribution in [1.82, 2.24) is 10.2 Å².